The molecule has 0 radical (unpaired) electrons. The van der Waals surface area contributed by atoms with Gasteiger partial charge in [0.05, 0.1) is 18.0 Å². The number of methoxy groups -OCH3 is 1. The molecule has 1 saturated carbocycles. The van der Waals surface area contributed by atoms with E-state index < -0.39 is 0 Å². The molecule has 2 fully saturated rings. The van der Waals surface area contributed by atoms with Gasteiger partial charge in [-0.1, -0.05) is 12.8 Å². The average Bonchev–Trinajstić information content (AvgIpc) is 3.48. The zero-order valence-corrected chi connectivity index (χ0v) is 16.5. The van der Waals surface area contributed by atoms with Crippen molar-refractivity contribution in [3.63, 3.8) is 0 Å². The van der Waals surface area contributed by atoms with Gasteiger partial charge in [-0.2, -0.15) is 0 Å². The second kappa shape index (κ2) is 6.92. The van der Waals surface area contributed by atoms with Crippen molar-refractivity contribution < 1.29 is 9.53 Å². The Labute approximate surface area is 166 Å². The standard InChI is InChI=1S/C22H28N4O2/c1-28-15-14-26-18-8-4-11-23-20(18)25-12-5-9-19(25)22(26)10-13-24(16-22)21(27)17-6-2-3-7-17/h4-5,8-9,11-12,17H,2-3,6-7,10,13-16H2,1H3. The maximum atomic E-state index is 13.2. The monoisotopic (exact) mass is 380 g/mol. The van der Waals surface area contributed by atoms with Crippen molar-refractivity contribution in [2.45, 2.75) is 37.6 Å². The quantitative estimate of drug-likeness (QED) is 0.818. The van der Waals surface area contributed by atoms with Crippen molar-refractivity contribution >= 4 is 11.6 Å². The molecule has 1 atom stereocenters. The van der Waals surface area contributed by atoms with Crippen molar-refractivity contribution in [3.05, 3.63) is 42.4 Å². The summed E-state index contributed by atoms with van der Waals surface area (Å²) in [5.74, 6) is 1.55. The van der Waals surface area contributed by atoms with Gasteiger partial charge in [0.25, 0.3) is 0 Å². The Morgan fingerprint density at radius 2 is 2.14 bits per heavy atom. The normalized spacial score (nSPS) is 24.0. The first-order valence-corrected chi connectivity index (χ1v) is 10.4. The zero-order valence-electron chi connectivity index (χ0n) is 16.5. The molecule has 2 aliphatic heterocycles. The first-order chi connectivity index (χ1) is 13.7. The molecule has 6 nitrogen and oxygen atoms in total. The second-order valence-electron chi connectivity index (χ2n) is 8.28. The van der Waals surface area contributed by atoms with Gasteiger partial charge in [-0.25, -0.2) is 4.98 Å². The molecule has 148 valence electrons. The molecule has 1 spiro atoms. The summed E-state index contributed by atoms with van der Waals surface area (Å²) in [7, 11) is 1.74. The molecule has 1 unspecified atom stereocenters. The number of pyridine rings is 1. The van der Waals surface area contributed by atoms with E-state index in [2.05, 4.69) is 43.7 Å². The summed E-state index contributed by atoms with van der Waals surface area (Å²) >= 11 is 0. The summed E-state index contributed by atoms with van der Waals surface area (Å²) in [6, 6.07) is 8.43. The number of carbonyl (C=O) groups is 1. The van der Waals surface area contributed by atoms with Crippen LogP contribution in [0.2, 0.25) is 0 Å². The van der Waals surface area contributed by atoms with Crippen LogP contribution in [0.5, 0.6) is 0 Å². The summed E-state index contributed by atoms with van der Waals surface area (Å²) in [5.41, 5.74) is 2.14. The van der Waals surface area contributed by atoms with E-state index in [4.69, 9.17) is 4.74 Å². The van der Waals surface area contributed by atoms with Crippen LogP contribution in [-0.2, 0) is 15.1 Å². The smallest absolute Gasteiger partial charge is 0.225 e. The largest absolute Gasteiger partial charge is 0.383 e. The third kappa shape index (κ3) is 2.58. The molecular weight excluding hydrogens is 352 g/mol. The Morgan fingerprint density at radius 1 is 1.29 bits per heavy atom. The number of amides is 1. The van der Waals surface area contributed by atoms with E-state index in [9.17, 15) is 4.79 Å². The highest BCUT2D eigenvalue weighted by atomic mass is 16.5. The lowest BCUT2D eigenvalue weighted by Crippen LogP contribution is -2.54. The van der Waals surface area contributed by atoms with E-state index in [1.165, 1.54) is 18.5 Å². The number of ether oxygens (including phenoxy) is 1. The number of hydrogen-bond donors (Lipinski definition) is 0. The molecule has 2 aromatic rings. The minimum absolute atomic E-state index is 0.216. The highest BCUT2D eigenvalue weighted by Crippen LogP contribution is 2.47. The van der Waals surface area contributed by atoms with Gasteiger partial charge >= 0.3 is 0 Å². The third-order valence-corrected chi connectivity index (χ3v) is 6.81. The van der Waals surface area contributed by atoms with E-state index in [1.54, 1.807) is 7.11 Å². The van der Waals surface area contributed by atoms with Gasteiger partial charge in [0.1, 0.15) is 5.54 Å². The molecule has 1 aliphatic carbocycles. The molecule has 0 bridgehead atoms. The molecule has 0 aromatic carbocycles. The molecule has 5 rings (SSSR count). The van der Waals surface area contributed by atoms with Gasteiger partial charge in [-0.15, -0.1) is 0 Å². The van der Waals surface area contributed by atoms with E-state index in [1.807, 2.05) is 12.3 Å². The summed E-state index contributed by atoms with van der Waals surface area (Å²) in [6.07, 6.45) is 9.37. The molecule has 1 amide bonds. The fourth-order valence-electron chi connectivity index (χ4n) is 5.46. The van der Waals surface area contributed by atoms with E-state index >= 15 is 0 Å². The van der Waals surface area contributed by atoms with E-state index in [0.717, 1.165) is 50.4 Å². The maximum absolute atomic E-state index is 13.2. The number of carbonyl (C=O) groups excluding carboxylic acids is 1. The number of anilines is 1. The molecular formula is C22H28N4O2. The number of aromatic nitrogens is 2. The third-order valence-electron chi connectivity index (χ3n) is 6.81. The molecule has 1 saturated heterocycles. The summed E-state index contributed by atoms with van der Waals surface area (Å²) in [5, 5.41) is 0. The van der Waals surface area contributed by atoms with Gasteiger partial charge in [0, 0.05) is 45.1 Å². The average molecular weight is 380 g/mol. The molecule has 6 heteroatoms. The van der Waals surface area contributed by atoms with Crippen LogP contribution in [0, 0.1) is 5.92 Å². The minimum atomic E-state index is -0.216. The van der Waals surface area contributed by atoms with E-state index in [-0.39, 0.29) is 11.5 Å². The van der Waals surface area contributed by atoms with Crippen molar-refractivity contribution in [3.8, 4) is 5.82 Å². The maximum Gasteiger partial charge on any atom is 0.225 e. The Balaban J connectivity index is 1.54. The molecule has 3 aliphatic rings. The number of fused-ring (bicyclic) bond motifs is 4. The predicted molar refractivity (Wildman–Crippen MR) is 108 cm³/mol. The number of likely N-dealkylation sites (tertiary alicyclic amines) is 1. The van der Waals surface area contributed by atoms with Crippen molar-refractivity contribution in [2.75, 3.05) is 38.3 Å². The Hall–Kier alpha value is -2.34. The Kier molecular flexibility index (Phi) is 4.38. The van der Waals surface area contributed by atoms with Gasteiger partial charge in [0.2, 0.25) is 5.91 Å². The topological polar surface area (TPSA) is 50.6 Å². The fraction of sp³-hybridized carbons (Fsp3) is 0.545. The lowest BCUT2D eigenvalue weighted by Gasteiger charge is -2.47. The van der Waals surface area contributed by atoms with Crippen molar-refractivity contribution in [1.82, 2.24) is 14.5 Å². The van der Waals surface area contributed by atoms with Crippen LogP contribution in [0.3, 0.4) is 0 Å². The Bertz CT molecular complexity index is 873. The zero-order chi connectivity index (χ0) is 19.1. The van der Waals surface area contributed by atoms with Crippen LogP contribution in [0.25, 0.3) is 5.82 Å². The highest BCUT2D eigenvalue weighted by molar-refractivity contribution is 5.80. The Morgan fingerprint density at radius 3 is 2.96 bits per heavy atom. The summed E-state index contributed by atoms with van der Waals surface area (Å²) in [4.78, 5) is 22.4. The van der Waals surface area contributed by atoms with Crippen molar-refractivity contribution in [1.29, 1.82) is 0 Å². The van der Waals surface area contributed by atoms with Crippen molar-refractivity contribution in [2.24, 2.45) is 5.92 Å². The first-order valence-electron chi connectivity index (χ1n) is 10.4. The summed E-state index contributed by atoms with van der Waals surface area (Å²) < 4.78 is 7.65. The number of hydrogen-bond acceptors (Lipinski definition) is 4. The van der Waals surface area contributed by atoms with Gasteiger partial charge in [0.15, 0.2) is 5.82 Å². The molecule has 28 heavy (non-hydrogen) atoms. The van der Waals surface area contributed by atoms with Gasteiger partial charge in [-0.05, 0) is 43.5 Å². The van der Waals surface area contributed by atoms with Gasteiger partial charge in [-0.3, -0.25) is 4.79 Å². The SMILES string of the molecule is COCCN1c2cccnc2-n2cccc2C12CCN(C(=O)C1CCCC1)C2. The number of rotatable bonds is 4. The predicted octanol–water partition coefficient (Wildman–Crippen LogP) is 2.96. The van der Waals surface area contributed by atoms with Crippen LogP contribution in [0.4, 0.5) is 5.69 Å². The summed E-state index contributed by atoms with van der Waals surface area (Å²) in [6.45, 7) is 2.99. The van der Waals surface area contributed by atoms with Crippen LogP contribution in [0.15, 0.2) is 36.7 Å². The first kappa shape index (κ1) is 17.7. The lowest BCUT2D eigenvalue weighted by molar-refractivity contribution is -0.134. The van der Waals surface area contributed by atoms with E-state index in [0.29, 0.717) is 12.5 Å². The highest BCUT2D eigenvalue weighted by Gasteiger charge is 2.51. The lowest BCUT2D eigenvalue weighted by atomic mass is 9.89. The number of nitrogens with zero attached hydrogens (tertiary/aromatic N) is 4. The fourth-order valence-corrected chi connectivity index (χ4v) is 5.46. The second-order valence-corrected chi connectivity index (χ2v) is 8.28. The molecule has 4 heterocycles. The van der Waals surface area contributed by atoms with Crippen LogP contribution >= 0.6 is 0 Å². The molecule has 0 N–H and O–H groups in total. The van der Waals surface area contributed by atoms with Crippen LogP contribution < -0.4 is 4.90 Å². The van der Waals surface area contributed by atoms with Crippen LogP contribution in [0.1, 0.15) is 37.8 Å². The minimum Gasteiger partial charge on any atom is -0.383 e. The molecule has 2 aromatic heterocycles. The van der Waals surface area contributed by atoms with Crippen LogP contribution in [-0.4, -0.2) is 53.7 Å². The van der Waals surface area contributed by atoms with Gasteiger partial charge < -0.3 is 19.1 Å².